The minimum absolute atomic E-state index is 0.255. The Labute approximate surface area is 169 Å². The van der Waals surface area contributed by atoms with Gasteiger partial charge in [-0.25, -0.2) is 0 Å². The van der Waals surface area contributed by atoms with Crippen LogP contribution in [0, 0.1) is 0 Å². The monoisotopic (exact) mass is 408 g/mol. The normalized spacial score (nSPS) is 11.7. The van der Waals surface area contributed by atoms with E-state index in [1.807, 2.05) is 13.0 Å². The Balaban J connectivity index is 1.73. The van der Waals surface area contributed by atoms with Crippen molar-refractivity contribution < 1.29 is 14.3 Å². The van der Waals surface area contributed by atoms with E-state index >= 15 is 0 Å². The van der Waals surface area contributed by atoms with Crippen LogP contribution < -0.4 is 19.6 Å². The van der Waals surface area contributed by atoms with Crippen molar-refractivity contribution in [3.8, 4) is 22.9 Å². The van der Waals surface area contributed by atoms with Gasteiger partial charge in [-0.1, -0.05) is 17.4 Å². The summed E-state index contributed by atoms with van der Waals surface area (Å²) in [5.74, 6) is 0.793. The molecule has 29 heavy (non-hydrogen) atoms. The van der Waals surface area contributed by atoms with Gasteiger partial charge in [0.05, 0.1) is 11.1 Å². The van der Waals surface area contributed by atoms with Crippen molar-refractivity contribution in [1.29, 1.82) is 0 Å². The predicted octanol–water partition coefficient (Wildman–Crippen LogP) is 2.08. The Bertz CT molecular complexity index is 1300. The molecule has 9 heteroatoms. The molecule has 0 amide bonds. The van der Waals surface area contributed by atoms with Crippen molar-refractivity contribution in [3.63, 3.8) is 0 Å². The number of hydrogen-bond acceptors (Lipinski definition) is 8. The second-order valence-corrected chi connectivity index (χ2v) is 7.03. The molecule has 0 aliphatic heterocycles. The van der Waals surface area contributed by atoms with Crippen LogP contribution in [0.3, 0.4) is 0 Å². The van der Waals surface area contributed by atoms with Crippen molar-refractivity contribution in [2.75, 3.05) is 6.61 Å². The van der Waals surface area contributed by atoms with Crippen LogP contribution in [-0.4, -0.2) is 32.2 Å². The standard InChI is InChI=1S/C20H16N4O4S/c1-3-27-16-9-13(6-7-15(16)28-12(2)25)10-17-19(26)24-20(29-17)22-18(23-24)14-5-4-8-21-11-14/h4-11H,3H2,1-2H3. The van der Waals surface area contributed by atoms with E-state index in [1.165, 1.54) is 22.8 Å². The van der Waals surface area contributed by atoms with Crippen molar-refractivity contribution in [1.82, 2.24) is 19.6 Å². The Morgan fingerprint density at radius 3 is 2.83 bits per heavy atom. The maximum absolute atomic E-state index is 12.7. The third kappa shape index (κ3) is 3.85. The van der Waals surface area contributed by atoms with Crippen LogP contribution in [0.15, 0.2) is 47.5 Å². The summed E-state index contributed by atoms with van der Waals surface area (Å²) in [6.45, 7) is 3.58. The molecule has 0 fully saturated rings. The van der Waals surface area contributed by atoms with Gasteiger partial charge in [0.25, 0.3) is 5.56 Å². The number of nitrogens with zero attached hydrogens (tertiary/aromatic N) is 4. The molecule has 8 nitrogen and oxygen atoms in total. The van der Waals surface area contributed by atoms with Crippen molar-refractivity contribution in [2.24, 2.45) is 0 Å². The van der Waals surface area contributed by atoms with E-state index in [9.17, 15) is 9.59 Å². The fourth-order valence-electron chi connectivity index (χ4n) is 2.72. The first-order valence-electron chi connectivity index (χ1n) is 8.82. The molecule has 146 valence electrons. The lowest BCUT2D eigenvalue weighted by Crippen LogP contribution is -2.23. The number of ether oxygens (including phenoxy) is 2. The molecule has 0 saturated carbocycles. The molecule has 0 aliphatic rings. The van der Waals surface area contributed by atoms with Gasteiger partial charge in [0.1, 0.15) is 0 Å². The topological polar surface area (TPSA) is 95.7 Å². The molecule has 0 N–H and O–H groups in total. The van der Waals surface area contributed by atoms with Gasteiger partial charge in [0, 0.05) is 24.9 Å². The quantitative estimate of drug-likeness (QED) is 0.368. The molecule has 4 rings (SSSR count). The van der Waals surface area contributed by atoms with E-state index in [2.05, 4.69) is 15.1 Å². The Morgan fingerprint density at radius 2 is 2.14 bits per heavy atom. The first-order valence-corrected chi connectivity index (χ1v) is 9.63. The van der Waals surface area contributed by atoms with Crippen LogP contribution in [0.5, 0.6) is 11.5 Å². The van der Waals surface area contributed by atoms with Gasteiger partial charge in [0.2, 0.25) is 4.96 Å². The third-order valence-corrected chi connectivity index (χ3v) is 4.88. The number of rotatable bonds is 5. The fourth-order valence-corrected chi connectivity index (χ4v) is 3.63. The number of benzene rings is 1. The number of thiazole rings is 1. The number of carbonyl (C=O) groups excluding carboxylic acids is 1. The van der Waals surface area contributed by atoms with E-state index < -0.39 is 5.97 Å². The summed E-state index contributed by atoms with van der Waals surface area (Å²) in [4.78, 5) is 32.9. The third-order valence-electron chi connectivity index (χ3n) is 3.92. The highest BCUT2D eigenvalue weighted by Gasteiger charge is 2.13. The molecule has 0 bridgehead atoms. The lowest BCUT2D eigenvalue weighted by molar-refractivity contribution is -0.132. The van der Waals surface area contributed by atoms with Gasteiger partial charge in [-0.15, -0.1) is 5.10 Å². The van der Waals surface area contributed by atoms with Gasteiger partial charge in [-0.05, 0) is 42.8 Å². The summed E-state index contributed by atoms with van der Waals surface area (Å²) >= 11 is 1.24. The van der Waals surface area contributed by atoms with Crippen LogP contribution in [0.1, 0.15) is 19.4 Å². The summed E-state index contributed by atoms with van der Waals surface area (Å²) in [5.41, 5.74) is 1.23. The summed E-state index contributed by atoms with van der Waals surface area (Å²) in [6.07, 6.45) is 5.04. The van der Waals surface area contributed by atoms with Gasteiger partial charge >= 0.3 is 5.97 Å². The molecule has 0 saturated heterocycles. The number of carbonyl (C=O) groups is 1. The number of pyridine rings is 1. The van der Waals surface area contributed by atoms with E-state index in [0.29, 0.717) is 33.4 Å². The molecule has 0 aliphatic carbocycles. The number of esters is 1. The molecule has 0 radical (unpaired) electrons. The molecule has 1 aromatic carbocycles. The summed E-state index contributed by atoms with van der Waals surface area (Å²) in [5, 5.41) is 4.30. The number of aromatic nitrogens is 4. The maximum Gasteiger partial charge on any atom is 0.308 e. The number of fused-ring (bicyclic) bond motifs is 1. The van der Waals surface area contributed by atoms with Crippen molar-refractivity contribution in [3.05, 3.63) is 63.2 Å². The molecule has 3 aromatic heterocycles. The lowest BCUT2D eigenvalue weighted by Gasteiger charge is -2.10. The van der Waals surface area contributed by atoms with Crippen LogP contribution in [0.2, 0.25) is 0 Å². The summed E-state index contributed by atoms with van der Waals surface area (Å²) in [7, 11) is 0. The molecule has 3 heterocycles. The predicted molar refractivity (Wildman–Crippen MR) is 108 cm³/mol. The molecule has 0 unspecified atom stereocenters. The second-order valence-electron chi connectivity index (χ2n) is 6.02. The van der Waals surface area contributed by atoms with E-state index in [1.54, 1.807) is 42.7 Å². The highest BCUT2D eigenvalue weighted by Crippen LogP contribution is 2.29. The molecule has 0 atom stereocenters. The van der Waals surface area contributed by atoms with Gasteiger partial charge in [-0.3, -0.25) is 14.6 Å². The largest absolute Gasteiger partial charge is 0.490 e. The van der Waals surface area contributed by atoms with Crippen LogP contribution in [0.25, 0.3) is 22.4 Å². The van der Waals surface area contributed by atoms with E-state index in [-0.39, 0.29) is 5.56 Å². The molecule has 0 spiro atoms. The summed E-state index contributed by atoms with van der Waals surface area (Å²) < 4.78 is 12.5. The number of hydrogen-bond donors (Lipinski definition) is 0. The van der Waals surface area contributed by atoms with Crippen LogP contribution in [-0.2, 0) is 4.79 Å². The minimum atomic E-state index is -0.431. The highest BCUT2D eigenvalue weighted by molar-refractivity contribution is 7.15. The van der Waals surface area contributed by atoms with Crippen molar-refractivity contribution in [2.45, 2.75) is 13.8 Å². The average Bonchev–Trinajstić information content (AvgIpc) is 3.24. The fraction of sp³-hybridized carbons (Fsp3) is 0.150. The maximum atomic E-state index is 12.7. The SMILES string of the molecule is CCOc1cc(C=c2sc3nc(-c4cccnc4)nn3c2=O)ccc1OC(C)=O. The van der Waals surface area contributed by atoms with Gasteiger partial charge in [-0.2, -0.15) is 9.50 Å². The smallest absolute Gasteiger partial charge is 0.308 e. The Morgan fingerprint density at radius 1 is 1.28 bits per heavy atom. The minimum Gasteiger partial charge on any atom is -0.490 e. The van der Waals surface area contributed by atoms with Crippen LogP contribution in [0.4, 0.5) is 0 Å². The highest BCUT2D eigenvalue weighted by atomic mass is 32.1. The Hall–Kier alpha value is -3.59. The van der Waals surface area contributed by atoms with Crippen LogP contribution >= 0.6 is 11.3 Å². The van der Waals surface area contributed by atoms with E-state index in [4.69, 9.17) is 9.47 Å². The summed E-state index contributed by atoms with van der Waals surface area (Å²) in [6, 6.07) is 8.73. The zero-order valence-electron chi connectivity index (χ0n) is 15.7. The van der Waals surface area contributed by atoms with Gasteiger partial charge in [0.15, 0.2) is 17.3 Å². The van der Waals surface area contributed by atoms with E-state index in [0.717, 1.165) is 11.1 Å². The molecular weight excluding hydrogens is 392 g/mol. The van der Waals surface area contributed by atoms with Gasteiger partial charge < -0.3 is 9.47 Å². The average molecular weight is 408 g/mol. The zero-order chi connectivity index (χ0) is 20.4. The zero-order valence-corrected chi connectivity index (χ0v) is 16.5. The molecular formula is C20H16N4O4S. The molecule has 4 aromatic rings. The first-order chi connectivity index (χ1) is 14.0. The first kappa shape index (κ1) is 18.8. The van der Waals surface area contributed by atoms with Crippen molar-refractivity contribution >= 4 is 28.3 Å². The second kappa shape index (κ2) is 7.80. The Kier molecular flexibility index (Phi) is 5.05. The lowest BCUT2D eigenvalue weighted by atomic mass is 10.2.